The predicted molar refractivity (Wildman–Crippen MR) is 110 cm³/mol. The Hall–Kier alpha value is -2.33. The molecule has 4 rings (SSSR count). The van der Waals surface area contributed by atoms with E-state index < -0.39 is 26.6 Å². The Balaban J connectivity index is 1.52. The molecule has 0 radical (unpaired) electrons. The van der Waals surface area contributed by atoms with E-state index in [1.165, 1.54) is 0 Å². The Bertz CT molecular complexity index is 1110. The summed E-state index contributed by atoms with van der Waals surface area (Å²) in [4.78, 5) is 14.1. The molecule has 1 aliphatic heterocycles. The van der Waals surface area contributed by atoms with Gasteiger partial charge >= 0.3 is 0 Å². The molecule has 0 bridgehead atoms. The van der Waals surface area contributed by atoms with Gasteiger partial charge in [0.05, 0.1) is 11.2 Å². The van der Waals surface area contributed by atoms with Crippen LogP contribution >= 0.6 is 0 Å². The van der Waals surface area contributed by atoms with Gasteiger partial charge in [0.15, 0.2) is 0 Å². The number of halogens is 2. The number of amides is 1. The van der Waals surface area contributed by atoms with Crippen LogP contribution in [0.1, 0.15) is 55.7 Å². The highest BCUT2D eigenvalue weighted by Crippen LogP contribution is 2.40. The van der Waals surface area contributed by atoms with Crippen LogP contribution in [0.4, 0.5) is 8.78 Å². The summed E-state index contributed by atoms with van der Waals surface area (Å²) in [6.07, 6.45) is 2.14. The minimum absolute atomic E-state index is 0.00314. The number of sulfonamides is 1. The van der Waals surface area contributed by atoms with Gasteiger partial charge in [0.2, 0.25) is 10.0 Å². The van der Waals surface area contributed by atoms with Crippen molar-refractivity contribution in [1.82, 2.24) is 19.0 Å². The largest absolute Gasteiger partial charge is 0.335 e. The van der Waals surface area contributed by atoms with Crippen molar-refractivity contribution in [2.45, 2.75) is 50.0 Å². The van der Waals surface area contributed by atoms with Crippen molar-refractivity contribution in [3.63, 3.8) is 0 Å². The minimum atomic E-state index is -4.20. The van der Waals surface area contributed by atoms with Gasteiger partial charge in [-0.15, -0.1) is 0 Å². The second-order valence-electron chi connectivity index (χ2n) is 9.08. The van der Waals surface area contributed by atoms with E-state index in [4.69, 9.17) is 0 Å². The summed E-state index contributed by atoms with van der Waals surface area (Å²) in [5, 5.41) is 4.66. The predicted octanol–water partition coefficient (Wildman–Crippen LogP) is 2.94. The molecule has 7 nitrogen and oxygen atoms in total. The molecule has 1 aromatic carbocycles. The van der Waals surface area contributed by atoms with E-state index in [-0.39, 0.29) is 37.6 Å². The van der Waals surface area contributed by atoms with E-state index in [1.807, 2.05) is 26.8 Å². The Morgan fingerprint density at radius 2 is 1.71 bits per heavy atom. The SMILES string of the molecule is CC(C)(C)n1nc(C2CC2)cc1C(=O)N1CCN(S(=O)(=O)c2cc(F)ccc2F)CC1. The molecule has 2 aromatic rings. The van der Waals surface area contributed by atoms with E-state index >= 15 is 0 Å². The van der Waals surface area contributed by atoms with Gasteiger partial charge in [-0.3, -0.25) is 9.48 Å². The van der Waals surface area contributed by atoms with Gasteiger partial charge in [-0.1, -0.05) is 0 Å². The molecule has 0 unspecified atom stereocenters. The topological polar surface area (TPSA) is 75.5 Å². The van der Waals surface area contributed by atoms with E-state index in [1.54, 1.807) is 9.58 Å². The van der Waals surface area contributed by atoms with Crippen LogP contribution < -0.4 is 0 Å². The lowest BCUT2D eigenvalue weighted by Gasteiger charge is -2.34. The highest BCUT2D eigenvalue weighted by molar-refractivity contribution is 7.89. The smallest absolute Gasteiger partial charge is 0.272 e. The maximum absolute atomic E-state index is 14.0. The number of benzene rings is 1. The van der Waals surface area contributed by atoms with E-state index in [2.05, 4.69) is 5.10 Å². The van der Waals surface area contributed by atoms with Crippen molar-refractivity contribution in [1.29, 1.82) is 0 Å². The Morgan fingerprint density at radius 1 is 1.06 bits per heavy atom. The van der Waals surface area contributed by atoms with Crippen LogP contribution in [0.2, 0.25) is 0 Å². The molecule has 1 aromatic heterocycles. The number of aromatic nitrogens is 2. The first-order chi connectivity index (χ1) is 14.5. The average molecular weight is 453 g/mol. The van der Waals surface area contributed by atoms with Crippen LogP contribution in [0.15, 0.2) is 29.2 Å². The molecule has 0 atom stereocenters. The molecule has 2 fully saturated rings. The van der Waals surface area contributed by atoms with Gasteiger partial charge in [0.1, 0.15) is 22.2 Å². The zero-order chi connectivity index (χ0) is 22.6. The molecular weight excluding hydrogens is 426 g/mol. The van der Waals surface area contributed by atoms with Gasteiger partial charge < -0.3 is 4.90 Å². The standard InChI is InChI=1S/C21H26F2N4O3S/c1-21(2,3)27-18(13-17(24-27)14-4-5-14)20(28)25-8-10-26(11-9-25)31(29,30)19-12-15(22)6-7-16(19)23/h6-7,12-14H,4-5,8-11H2,1-3H3. The molecule has 2 heterocycles. The summed E-state index contributed by atoms with van der Waals surface area (Å²) in [5.74, 6) is -1.63. The fraction of sp³-hybridized carbons (Fsp3) is 0.524. The van der Waals surface area contributed by atoms with Gasteiger partial charge in [-0.2, -0.15) is 9.40 Å². The number of piperazine rings is 1. The molecule has 0 N–H and O–H groups in total. The van der Waals surface area contributed by atoms with Gasteiger partial charge in [-0.05, 0) is 57.9 Å². The lowest BCUT2D eigenvalue weighted by Crippen LogP contribution is -2.51. The molecule has 1 saturated carbocycles. The second-order valence-corrected chi connectivity index (χ2v) is 11.0. The van der Waals surface area contributed by atoms with Crippen molar-refractivity contribution >= 4 is 15.9 Å². The first kappa shape index (κ1) is 21.9. The minimum Gasteiger partial charge on any atom is -0.335 e. The Labute approximate surface area is 180 Å². The molecule has 1 aliphatic carbocycles. The summed E-state index contributed by atoms with van der Waals surface area (Å²) in [5.41, 5.74) is 1.03. The van der Waals surface area contributed by atoms with Crippen molar-refractivity contribution in [2.24, 2.45) is 0 Å². The van der Waals surface area contributed by atoms with Crippen molar-refractivity contribution < 1.29 is 22.0 Å². The normalized spacial score (nSPS) is 18.4. The third kappa shape index (κ3) is 4.23. The number of hydrogen-bond donors (Lipinski definition) is 0. The number of rotatable bonds is 4. The van der Waals surface area contributed by atoms with Crippen LogP contribution in [-0.4, -0.2) is 59.5 Å². The van der Waals surface area contributed by atoms with Crippen LogP contribution in [0.5, 0.6) is 0 Å². The van der Waals surface area contributed by atoms with E-state index in [0.29, 0.717) is 17.7 Å². The quantitative estimate of drug-likeness (QED) is 0.715. The molecule has 10 heteroatoms. The molecule has 31 heavy (non-hydrogen) atoms. The molecule has 1 amide bonds. The second kappa shape index (κ2) is 7.67. The van der Waals surface area contributed by atoms with Crippen LogP contribution in [-0.2, 0) is 15.6 Å². The third-order valence-electron chi connectivity index (χ3n) is 5.62. The fourth-order valence-electron chi connectivity index (χ4n) is 3.75. The summed E-state index contributed by atoms with van der Waals surface area (Å²) < 4.78 is 55.9. The molecule has 168 valence electrons. The summed E-state index contributed by atoms with van der Waals surface area (Å²) >= 11 is 0. The summed E-state index contributed by atoms with van der Waals surface area (Å²) in [6, 6.07) is 4.20. The molecule has 0 spiro atoms. The molecule has 2 aliphatic rings. The zero-order valence-electron chi connectivity index (χ0n) is 17.8. The van der Waals surface area contributed by atoms with Crippen LogP contribution in [0.3, 0.4) is 0 Å². The fourth-order valence-corrected chi connectivity index (χ4v) is 5.25. The Morgan fingerprint density at radius 3 is 2.29 bits per heavy atom. The lowest BCUT2D eigenvalue weighted by atomic mass is 10.1. The Kier molecular flexibility index (Phi) is 5.41. The zero-order valence-corrected chi connectivity index (χ0v) is 18.6. The number of nitrogens with zero attached hydrogens (tertiary/aromatic N) is 4. The lowest BCUT2D eigenvalue weighted by molar-refractivity contribution is 0.0677. The maximum Gasteiger partial charge on any atom is 0.272 e. The molecule has 1 saturated heterocycles. The number of hydrogen-bond acceptors (Lipinski definition) is 4. The van der Waals surface area contributed by atoms with Crippen molar-refractivity contribution in [2.75, 3.05) is 26.2 Å². The van der Waals surface area contributed by atoms with Gasteiger partial charge in [0, 0.05) is 32.1 Å². The highest BCUT2D eigenvalue weighted by Gasteiger charge is 2.36. The van der Waals surface area contributed by atoms with E-state index in [9.17, 15) is 22.0 Å². The number of carbonyl (C=O) groups excluding carboxylic acids is 1. The van der Waals surface area contributed by atoms with Crippen LogP contribution in [0, 0.1) is 11.6 Å². The summed E-state index contributed by atoms with van der Waals surface area (Å²) in [7, 11) is -4.20. The first-order valence-electron chi connectivity index (χ1n) is 10.3. The molecular formula is C21H26F2N4O3S. The third-order valence-corrected chi connectivity index (χ3v) is 7.53. The number of carbonyl (C=O) groups is 1. The monoisotopic (exact) mass is 452 g/mol. The first-order valence-corrected chi connectivity index (χ1v) is 11.8. The van der Waals surface area contributed by atoms with Crippen molar-refractivity contribution in [3.05, 3.63) is 47.3 Å². The van der Waals surface area contributed by atoms with Gasteiger partial charge in [-0.25, -0.2) is 17.2 Å². The average Bonchev–Trinajstić information content (AvgIpc) is 3.46. The maximum atomic E-state index is 14.0. The van der Waals surface area contributed by atoms with Gasteiger partial charge in [0.25, 0.3) is 5.91 Å². The van der Waals surface area contributed by atoms with E-state index in [0.717, 1.165) is 35.0 Å². The van der Waals surface area contributed by atoms with Crippen molar-refractivity contribution in [3.8, 4) is 0 Å². The van der Waals surface area contributed by atoms with Crippen LogP contribution in [0.25, 0.3) is 0 Å². The summed E-state index contributed by atoms with van der Waals surface area (Å²) in [6.45, 7) is 6.25. The highest BCUT2D eigenvalue weighted by atomic mass is 32.2.